The van der Waals surface area contributed by atoms with E-state index in [1.807, 2.05) is 30.9 Å². The van der Waals surface area contributed by atoms with Gasteiger partial charge in [-0.3, -0.25) is 0 Å². The average Bonchev–Trinajstić information content (AvgIpc) is 2.47. The molecule has 20 heavy (non-hydrogen) atoms. The first-order valence-electron chi connectivity index (χ1n) is 6.94. The van der Waals surface area contributed by atoms with Crippen molar-refractivity contribution < 1.29 is 9.13 Å². The number of ether oxygens (including phenoxy) is 1. The first-order valence-corrected chi connectivity index (χ1v) is 8.09. The van der Waals surface area contributed by atoms with E-state index in [4.69, 9.17) is 4.74 Å². The van der Waals surface area contributed by atoms with Gasteiger partial charge in [-0.15, -0.1) is 0 Å². The summed E-state index contributed by atoms with van der Waals surface area (Å²) in [5.41, 5.74) is 0.715. The minimum Gasteiger partial charge on any atom is -0.494 e. The van der Waals surface area contributed by atoms with Gasteiger partial charge in [0.25, 0.3) is 0 Å². The molecule has 0 radical (unpaired) electrons. The third kappa shape index (κ3) is 3.45. The van der Waals surface area contributed by atoms with Crippen LogP contribution in [-0.2, 0) is 6.42 Å². The molecule has 0 aromatic heterocycles. The predicted molar refractivity (Wildman–Crippen MR) is 83.2 cm³/mol. The van der Waals surface area contributed by atoms with Gasteiger partial charge in [0.2, 0.25) is 0 Å². The van der Waals surface area contributed by atoms with Gasteiger partial charge < -0.3 is 15.0 Å². The van der Waals surface area contributed by atoms with Gasteiger partial charge in [-0.25, -0.2) is 4.39 Å². The lowest BCUT2D eigenvalue weighted by atomic mass is 9.98. The molecule has 1 aliphatic rings. The van der Waals surface area contributed by atoms with Gasteiger partial charge in [0.1, 0.15) is 0 Å². The van der Waals surface area contributed by atoms with Crippen LogP contribution in [0.3, 0.4) is 0 Å². The van der Waals surface area contributed by atoms with Crippen molar-refractivity contribution in [3.63, 3.8) is 0 Å². The fourth-order valence-electron chi connectivity index (χ4n) is 2.67. The molecule has 0 saturated carbocycles. The summed E-state index contributed by atoms with van der Waals surface area (Å²) in [5, 5.41) is 3.35. The van der Waals surface area contributed by atoms with Gasteiger partial charge in [-0.2, -0.15) is 11.8 Å². The van der Waals surface area contributed by atoms with Crippen molar-refractivity contribution in [2.75, 3.05) is 39.3 Å². The minimum absolute atomic E-state index is 0.235. The molecule has 5 heteroatoms. The van der Waals surface area contributed by atoms with E-state index in [0.29, 0.717) is 23.8 Å². The zero-order chi connectivity index (χ0) is 14.5. The Morgan fingerprint density at radius 2 is 2.35 bits per heavy atom. The summed E-state index contributed by atoms with van der Waals surface area (Å²) in [6.07, 6.45) is 0.676. The Morgan fingerprint density at radius 1 is 1.55 bits per heavy atom. The van der Waals surface area contributed by atoms with Crippen LogP contribution in [0, 0.1) is 5.82 Å². The molecule has 0 amide bonds. The van der Waals surface area contributed by atoms with Gasteiger partial charge in [-0.05, 0) is 32.1 Å². The molecule has 1 aliphatic heterocycles. The van der Waals surface area contributed by atoms with Crippen molar-refractivity contribution in [2.45, 2.75) is 18.5 Å². The predicted octanol–water partition coefficient (Wildman–Crippen LogP) is 2.01. The van der Waals surface area contributed by atoms with Crippen LogP contribution in [0.2, 0.25) is 0 Å². The SMILES string of the molecule is CNC(Cc1cccc(OC)c1F)C1CSCCN1C. The quantitative estimate of drug-likeness (QED) is 0.899. The highest BCUT2D eigenvalue weighted by Crippen LogP contribution is 2.24. The number of hydrogen-bond donors (Lipinski definition) is 1. The number of benzene rings is 1. The van der Waals surface area contributed by atoms with E-state index in [0.717, 1.165) is 12.3 Å². The summed E-state index contributed by atoms with van der Waals surface area (Å²) in [7, 11) is 5.61. The average molecular weight is 298 g/mol. The Bertz CT molecular complexity index is 444. The van der Waals surface area contributed by atoms with Crippen LogP contribution in [-0.4, -0.2) is 56.2 Å². The van der Waals surface area contributed by atoms with E-state index in [2.05, 4.69) is 17.3 Å². The lowest BCUT2D eigenvalue weighted by molar-refractivity contribution is 0.218. The van der Waals surface area contributed by atoms with Crippen LogP contribution in [0.4, 0.5) is 4.39 Å². The van der Waals surface area contributed by atoms with Crippen LogP contribution in [0.15, 0.2) is 18.2 Å². The third-order valence-electron chi connectivity index (χ3n) is 3.98. The molecule has 112 valence electrons. The highest BCUT2D eigenvalue weighted by molar-refractivity contribution is 7.99. The van der Waals surface area contributed by atoms with E-state index in [-0.39, 0.29) is 11.9 Å². The molecule has 0 spiro atoms. The lowest BCUT2D eigenvalue weighted by Crippen LogP contribution is -2.52. The molecule has 3 nitrogen and oxygen atoms in total. The molecule has 1 N–H and O–H groups in total. The van der Waals surface area contributed by atoms with E-state index in [1.54, 1.807) is 6.07 Å². The molecule has 2 rings (SSSR count). The number of likely N-dealkylation sites (N-methyl/N-ethyl adjacent to an activating group) is 2. The standard InChI is InChI=1S/C15H23FN2OS/c1-17-12(13-10-20-8-7-18(13)2)9-11-5-4-6-14(19-3)15(11)16/h4-6,12-13,17H,7-10H2,1-3H3. The van der Waals surface area contributed by atoms with Crippen molar-refractivity contribution >= 4 is 11.8 Å². The topological polar surface area (TPSA) is 24.5 Å². The Hall–Kier alpha value is -0.780. The Kier molecular flexibility index (Phi) is 5.69. The van der Waals surface area contributed by atoms with Crippen molar-refractivity contribution in [1.29, 1.82) is 0 Å². The second kappa shape index (κ2) is 7.29. The van der Waals surface area contributed by atoms with E-state index in [1.165, 1.54) is 12.9 Å². The first-order chi connectivity index (χ1) is 9.67. The van der Waals surface area contributed by atoms with Crippen molar-refractivity contribution in [3.8, 4) is 5.75 Å². The van der Waals surface area contributed by atoms with Crippen LogP contribution >= 0.6 is 11.8 Å². The van der Waals surface area contributed by atoms with Gasteiger partial charge in [0.05, 0.1) is 7.11 Å². The largest absolute Gasteiger partial charge is 0.494 e. The Morgan fingerprint density at radius 3 is 3.00 bits per heavy atom. The summed E-state index contributed by atoms with van der Waals surface area (Å²) in [6.45, 7) is 1.09. The maximum absolute atomic E-state index is 14.3. The van der Waals surface area contributed by atoms with Gasteiger partial charge >= 0.3 is 0 Å². The smallest absolute Gasteiger partial charge is 0.168 e. The number of hydrogen-bond acceptors (Lipinski definition) is 4. The van der Waals surface area contributed by atoms with Crippen molar-refractivity contribution in [2.24, 2.45) is 0 Å². The highest BCUT2D eigenvalue weighted by Gasteiger charge is 2.28. The van der Waals surface area contributed by atoms with Crippen LogP contribution in [0.5, 0.6) is 5.75 Å². The summed E-state index contributed by atoms with van der Waals surface area (Å²) in [5.74, 6) is 2.36. The van der Waals surface area contributed by atoms with Gasteiger partial charge in [0, 0.05) is 30.1 Å². The molecular weight excluding hydrogens is 275 g/mol. The fraction of sp³-hybridized carbons (Fsp3) is 0.600. The normalized spacial score (nSPS) is 21.7. The molecule has 0 aliphatic carbocycles. The molecule has 1 fully saturated rings. The van der Waals surface area contributed by atoms with E-state index in [9.17, 15) is 4.39 Å². The van der Waals surface area contributed by atoms with Crippen LogP contribution < -0.4 is 10.1 Å². The molecule has 1 heterocycles. The highest BCUT2D eigenvalue weighted by atomic mass is 32.2. The zero-order valence-corrected chi connectivity index (χ0v) is 13.2. The molecule has 1 aromatic carbocycles. The van der Waals surface area contributed by atoms with Crippen LogP contribution in [0.25, 0.3) is 0 Å². The van der Waals surface area contributed by atoms with E-state index >= 15 is 0 Å². The number of halogens is 1. The number of nitrogens with zero attached hydrogens (tertiary/aromatic N) is 1. The first kappa shape index (κ1) is 15.6. The molecule has 0 bridgehead atoms. The maximum atomic E-state index is 14.3. The van der Waals surface area contributed by atoms with Crippen LogP contribution in [0.1, 0.15) is 5.56 Å². The summed E-state index contributed by atoms with van der Waals surface area (Å²) in [4.78, 5) is 2.37. The molecular formula is C15H23FN2OS. The van der Waals surface area contributed by atoms with E-state index < -0.39 is 0 Å². The van der Waals surface area contributed by atoms with Crippen molar-refractivity contribution in [3.05, 3.63) is 29.6 Å². The molecule has 2 atom stereocenters. The summed E-state index contributed by atoms with van der Waals surface area (Å²) < 4.78 is 19.3. The molecule has 2 unspecified atom stereocenters. The number of nitrogens with one attached hydrogen (secondary N) is 1. The maximum Gasteiger partial charge on any atom is 0.168 e. The summed E-state index contributed by atoms with van der Waals surface area (Å²) in [6, 6.07) is 6.04. The Balaban J connectivity index is 2.13. The Labute approximate surface area is 124 Å². The summed E-state index contributed by atoms with van der Waals surface area (Å²) >= 11 is 1.97. The number of thioether (sulfide) groups is 1. The lowest BCUT2D eigenvalue weighted by Gasteiger charge is -2.37. The molecule has 1 aromatic rings. The van der Waals surface area contributed by atoms with Gasteiger partial charge in [-0.1, -0.05) is 12.1 Å². The number of methoxy groups -OCH3 is 1. The second-order valence-corrected chi connectivity index (χ2v) is 6.31. The van der Waals surface area contributed by atoms with Crippen molar-refractivity contribution in [1.82, 2.24) is 10.2 Å². The monoisotopic (exact) mass is 298 g/mol. The second-order valence-electron chi connectivity index (χ2n) is 5.16. The zero-order valence-electron chi connectivity index (χ0n) is 12.4. The van der Waals surface area contributed by atoms with Gasteiger partial charge in [0.15, 0.2) is 11.6 Å². The minimum atomic E-state index is -0.235. The molecule has 1 saturated heterocycles. The number of rotatable bonds is 5. The third-order valence-corrected chi connectivity index (χ3v) is 5.03. The fourth-order valence-corrected chi connectivity index (χ4v) is 3.98.